The quantitative estimate of drug-likeness (QED) is 0.796. The van der Waals surface area contributed by atoms with Crippen molar-refractivity contribution in [1.82, 2.24) is 10.2 Å². The van der Waals surface area contributed by atoms with E-state index in [1.807, 2.05) is 31.2 Å². The highest BCUT2D eigenvalue weighted by Gasteiger charge is 2.09. The monoisotopic (exact) mass is 242 g/mol. The summed E-state index contributed by atoms with van der Waals surface area (Å²) >= 11 is 0. The lowest BCUT2D eigenvalue weighted by Gasteiger charge is -2.10. The molecule has 18 heavy (non-hydrogen) atoms. The minimum atomic E-state index is 0.115. The van der Waals surface area contributed by atoms with Gasteiger partial charge in [-0.2, -0.15) is 5.26 Å². The van der Waals surface area contributed by atoms with E-state index in [1.165, 1.54) is 0 Å². The van der Waals surface area contributed by atoms with E-state index < -0.39 is 0 Å². The van der Waals surface area contributed by atoms with Crippen LogP contribution in [0.4, 0.5) is 5.69 Å². The van der Waals surface area contributed by atoms with E-state index in [0.717, 1.165) is 16.5 Å². The molecule has 2 rings (SSSR count). The average Bonchev–Trinajstić information content (AvgIpc) is 2.39. The van der Waals surface area contributed by atoms with Gasteiger partial charge in [-0.15, -0.1) is 10.2 Å². The largest absolute Gasteiger partial charge is 0.396 e. The summed E-state index contributed by atoms with van der Waals surface area (Å²) in [7, 11) is 0. The molecule has 92 valence electrons. The van der Waals surface area contributed by atoms with E-state index >= 15 is 0 Å². The highest BCUT2D eigenvalue weighted by atomic mass is 16.3. The number of fused-ring (bicyclic) bond motifs is 1. The molecule has 2 aromatic rings. The lowest BCUT2D eigenvalue weighted by atomic mass is 10.1. The number of aromatic nitrogens is 2. The first kappa shape index (κ1) is 12.3. The van der Waals surface area contributed by atoms with Gasteiger partial charge in [0.15, 0.2) is 5.69 Å². The van der Waals surface area contributed by atoms with Crippen LogP contribution in [0.25, 0.3) is 10.9 Å². The van der Waals surface area contributed by atoms with Crippen LogP contribution in [0.2, 0.25) is 0 Å². The Morgan fingerprint density at radius 1 is 1.39 bits per heavy atom. The Bertz CT molecular complexity index is 604. The lowest BCUT2D eigenvalue weighted by Crippen LogP contribution is -2.07. The zero-order valence-electron chi connectivity index (χ0n) is 10.1. The van der Waals surface area contributed by atoms with Gasteiger partial charge in [-0.25, -0.2) is 0 Å². The second kappa shape index (κ2) is 5.43. The second-order valence-electron chi connectivity index (χ2n) is 4.06. The summed E-state index contributed by atoms with van der Waals surface area (Å²) in [5, 5.41) is 29.8. The van der Waals surface area contributed by atoms with E-state index in [-0.39, 0.29) is 12.3 Å². The van der Waals surface area contributed by atoms with Gasteiger partial charge in [-0.3, -0.25) is 0 Å². The smallest absolute Gasteiger partial charge is 0.186 e. The molecule has 1 heterocycles. The molecule has 0 aliphatic rings. The summed E-state index contributed by atoms with van der Waals surface area (Å²) in [6, 6.07) is 7.86. The van der Waals surface area contributed by atoms with Gasteiger partial charge in [0, 0.05) is 18.5 Å². The molecule has 0 unspecified atom stereocenters. The fraction of sp³-hybridized carbons (Fsp3) is 0.308. The van der Waals surface area contributed by atoms with E-state index in [2.05, 4.69) is 15.5 Å². The maximum Gasteiger partial charge on any atom is 0.186 e. The molecule has 0 spiro atoms. The van der Waals surface area contributed by atoms with Crippen molar-refractivity contribution in [2.75, 3.05) is 18.5 Å². The number of nitrogens with one attached hydrogen (secondary N) is 1. The van der Waals surface area contributed by atoms with Crippen molar-refractivity contribution in [2.24, 2.45) is 0 Å². The Kier molecular flexibility index (Phi) is 3.70. The molecule has 0 saturated heterocycles. The van der Waals surface area contributed by atoms with Crippen LogP contribution in [0.1, 0.15) is 17.7 Å². The number of hydrogen-bond donors (Lipinski definition) is 2. The first-order chi connectivity index (χ1) is 8.76. The van der Waals surface area contributed by atoms with Crippen LogP contribution in [0.3, 0.4) is 0 Å². The standard InChI is InChI=1S/C13H14N4O/c1-9-3-4-11-10(7-9)13(15-5-2-6-18)12(8-14)17-16-11/h3-4,7,18H,2,5-6H2,1H3,(H,15,16). The minimum absolute atomic E-state index is 0.115. The van der Waals surface area contributed by atoms with Crippen LogP contribution in [-0.2, 0) is 0 Å². The fourth-order valence-electron chi connectivity index (χ4n) is 1.77. The predicted molar refractivity (Wildman–Crippen MR) is 69.2 cm³/mol. The van der Waals surface area contributed by atoms with Gasteiger partial charge in [0.2, 0.25) is 0 Å². The summed E-state index contributed by atoms with van der Waals surface area (Å²) < 4.78 is 0. The molecule has 2 N–H and O–H groups in total. The van der Waals surface area contributed by atoms with Crippen molar-refractivity contribution >= 4 is 16.6 Å². The van der Waals surface area contributed by atoms with Crippen LogP contribution in [-0.4, -0.2) is 28.5 Å². The zero-order chi connectivity index (χ0) is 13.0. The van der Waals surface area contributed by atoms with Gasteiger partial charge in [0.25, 0.3) is 0 Å². The van der Waals surface area contributed by atoms with Crippen molar-refractivity contribution in [3.63, 3.8) is 0 Å². The molecule has 5 nitrogen and oxygen atoms in total. The highest BCUT2D eigenvalue weighted by Crippen LogP contribution is 2.24. The zero-order valence-corrected chi connectivity index (χ0v) is 10.1. The van der Waals surface area contributed by atoms with E-state index in [4.69, 9.17) is 10.4 Å². The number of aliphatic hydroxyl groups is 1. The van der Waals surface area contributed by atoms with Crippen LogP contribution >= 0.6 is 0 Å². The van der Waals surface area contributed by atoms with Crippen LogP contribution in [0.15, 0.2) is 18.2 Å². The van der Waals surface area contributed by atoms with E-state index in [0.29, 0.717) is 18.7 Å². The minimum Gasteiger partial charge on any atom is -0.396 e. The Morgan fingerprint density at radius 3 is 2.94 bits per heavy atom. The van der Waals surface area contributed by atoms with Gasteiger partial charge in [0.05, 0.1) is 11.2 Å². The van der Waals surface area contributed by atoms with Crippen LogP contribution in [0, 0.1) is 18.3 Å². The summed E-state index contributed by atoms with van der Waals surface area (Å²) in [6.45, 7) is 2.70. The van der Waals surface area contributed by atoms with E-state index in [9.17, 15) is 0 Å². The highest BCUT2D eigenvalue weighted by molar-refractivity contribution is 5.93. The Hall–Kier alpha value is -2.19. The van der Waals surface area contributed by atoms with Crippen LogP contribution < -0.4 is 5.32 Å². The second-order valence-corrected chi connectivity index (χ2v) is 4.06. The molecule has 0 aliphatic carbocycles. The Labute approximate surface area is 105 Å². The topological polar surface area (TPSA) is 81.8 Å². The molecule has 0 aliphatic heterocycles. The lowest BCUT2D eigenvalue weighted by molar-refractivity contribution is 0.292. The average molecular weight is 242 g/mol. The normalized spacial score (nSPS) is 10.3. The number of hydrogen-bond acceptors (Lipinski definition) is 5. The summed E-state index contributed by atoms with van der Waals surface area (Å²) in [5.74, 6) is 0. The molecular formula is C13H14N4O. The van der Waals surface area contributed by atoms with Gasteiger partial charge in [-0.05, 0) is 25.5 Å². The molecule has 5 heteroatoms. The molecule has 1 aromatic heterocycles. The fourth-order valence-corrected chi connectivity index (χ4v) is 1.77. The molecular weight excluding hydrogens is 228 g/mol. The number of anilines is 1. The predicted octanol–water partition coefficient (Wildman–Crippen LogP) is 1.60. The molecule has 0 saturated carbocycles. The molecule has 0 atom stereocenters. The van der Waals surface area contributed by atoms with Crippen molar-refractivity contribution in [3.8, 4) is 6.07 Å². The number of aliphatic hydroxyl groups excluding tert-OH is 1. The van der Waals surface area contributed by atoms with Gasteiger partial charge >= 0.3 is 0 Å². The first-order valence-corrected chi connectivity index (χ1v) is 5.78. The summed E-state index contributed by atoms with van der Waals surface area (Å²) in [6.07, 6.45) is 0.625. The number of nitriles is 1. The third-order valence-corrected chi connectivity index (χ3v) is 2.66. The Morgan fingerprint density at radius 2 is 2.22 bits per heavy atom. The number of benzene rings is 1. The van der Waals surface area contributed by atoms with Crippen molar-refractivity contribution in [3.05, 3.63) is 29.5 Å². The Balaban J connectivity index is 2.50. The number of nitrogens with zero attached hydrogens (tertiary/aromatic N) is 3. The van der Waals surface area contributed by atoms with Gasteiger partial charge in [-0.1, -0.05) is 11.6 Å². The molecule has 1 aromatic carbocycles. The summed E-state index contributed by atoms with van der Waals surface area (Å²) in [4.78, 5) is 0. The molecule has 0 fully saturated rings. The SMILES string of the molecule is Cc1ccc2nnc(C#N)c(NCCCO)c2c1. The van der Waals surface area contributed by atoms with E-state index in [1.54, 1.807) is 0 Å². The van der Waals surface area contributed by atoms with Crippen LogP contribution in [0.5, 0.6) is 0 Å². The van der Waals surface area contributed by atoms with Crippen molar-refractivity contribution in [2.45, 2.75) is 13.3 Å². The van der Waals surface area contributed by atoms with Crippen molar-refractivity contribution < 1.29 is 5.11 Å². The molecule has 0 bridgehead atoms. The van der Waals surface area contributed by atoms with Crippen molar-refractivity contribution in [1.29, 1.82) is 5.26 Å². The third-order valence-electron chi connectivity index (χ3n) is 2.66. The molecule has 0 radical (unpaired) electrons. The number of aryl methyl sites for hydroxylation is 1. The van der Waals surface area contributed by atoms with Gasteiger partial charge in [0.1, 0.15) is 6.07 Å². The first-order valence-electron chi connectivity index (χ1n) is 5.78. The molecule has 0 amide bonds. The maximum absolute atomic E-state index is 9.06. The number of rotatable bonds is 4. The maximum atomic E-state index is 9.06. The third kappa shape index (κ3) is 2.39. The summed E-state index contributed by atoms with van der Waals surface area (Å²) in [5.41, 5.74) is 2.83. The van der Waals surface area contributed by atoms with Gasteiger partial charge < -0.3 is 10.4 Å².